The maximum absolute atomic E-state index is 10.6. The molecule has 3 unspecified atom stereocenters. The van der Waals surface area contributed by atoms with Crippen molar-refractivity contribution < 1.29 is 4.74 Å². The lowest BCUT2D eigenvalue weighted by atomic mass is 10.4. The molecule has 0 spiro atoms. The molecular weight excluding hydrogens is 1270 g/mol. The number of halogens is 1. The molecule has 2 bridgehead atoms. The van der Waals surface area contributed by atoms with E-state index in [0.29, 0.717) is 26.3 Å². The Morgan fingerprint density at radius 1 is 0.330 bits per heavy atom. The van der Waals surface area contributed by atoms with Crippen LogP contribution in [0.4, 0.5) is 0 Å². The van der Waals surface area contributed by atoms with E-state index in [1.807, 2.05) is 0 Å². The van der Waals surface area contributed by atoms with Crippen molar-refractivity contribution >= 4 is 142 Å². The molecule has 3 atom stereocenters. The van der Waals surface area contributed by atoms with E-state index >= 15 is 0 Å². The van der Waals surface area contributed by atoms with E-state index in [4.69, 9.17) is 4.74 Å². The first kappa shape index (κ1) is 60.6. The van der Waals surface area contributed by atoms with Gasteiger partial charge >= 0.3 is 0 Å². The predicted octanol–water partition coefficient (Wildman–Crippen LogP) is 17.0. The molecule has 12 aromatic carbocycles. The monoisotopic (exact) mass is 1340 g/mol. The normalized spacial score (nSPS) is 15.8. The molecule has 91 heavy (non-hydrogen) atoms. The Labute approximate surface area is 546 Å². The number of benzene rings is 12. The Bertz CT molecular complexity index is 4510. The van der Waals surface area contributed by atoms with Crippen molar-refractivity contribution in [2.45, 2.75) is 0 Å². The third-order valence-corrected chi connectivity index (χ3v) is 64.1. The van der Waals surface area contributed by atoms with E-state index in [1.165, 1.54) is 71.8 Å². The van der Waals surface area contributed by atoms with Gasteiger partial charge in [-0.3, -0.25) is 0 Å². The van der Waals surface area contributed by atoms with E-state index in [-0.39, 0.29) is 0 Å². The van der Waals surface area contributed by atoms with Gasteiger partial charge in [-0.15, -0.1) is 4.67 Å². The van der Waals surface area contributed by atoms with Crippen LogP contribution in [-0.4, -0.2) is 35.7 Å². The van der Waals surface area contributed by atoms with Crippen molar-refractivity contribution in [2.75, 3.05) is 26.3 Å². The quantitative estimate of drug-likeness (QED) is 0.101. The lowest BCUT2D eigenvalue weighted by Crippen LogP contribution is -2.39. The summed E-state index contributed by atoms with van der Waals surface area (Å²) in [6.45, 7) is -10.0. The zero-order chi connectivity index (χ0) is 61.1. The van der Waals surface area contributed by atoms with E-state index < -0.39 is 49.1 Å². The summed E-state index contributed by atoms with van der Waals surface area (Å²) in [5, 5.41) is 16.2. The van der Waals surface area contributed by atoms with Crippen LogP contribution in [0.2, 0.25) is 0 Å². The van der Waals surface area contributed by atoms with Crippen LogP contribution in [0.1, 0.15) is 0 Å². The van der Waals surface area contributed by atoms with Crippen LogP contribution in [-0.2, 0) is 4.74 Å². The molecule has 2 aliphatic heterocycles. The summed E-state index contributed by atoms with van der Waals surface area (Å²) in [5.41, 5.74) is 0. The molecule has 1 saturated heterocycles. The topological polar surface area (TPSA) is 12.5 Å². The first-order valence-corrected chi connectivity index (χ1v) is 45.2. The Kier molecular flexibility index (Phi) is 17.6. The molecular formula is C80H68ClNOP8+2. The molecule has 13 aromatic rings. The highest BCUT2D eigenvalue weighted by atomic mass is 35.7. The van der Waals surface area contributed by atoms with E-state index in [0.717, 1.165) is 0 Å². The Morgan fingerprint density at radius 3 is 0.846 bits per heavy atom. The highest BCUT2D eigenvalue weighted by Gasteiger charge is 2.67. The summed E-state index contributed by atoms with van der Waals surface area (Å²) < 4.78 is 16.1. The fourth-order valence-corrected chi connectivity index (χ4v) is 82.3. The number of hydrogen-bond donors (Lipinski definition) is 0. The van der Waals surface area contributed by atoms with Crippen molar-refractivity contribution in [2.24, 2.45) is 0 Å². The highest BCUT2D eigenvalue weighted by Crippen LogP contribution is 3.00. The van der Waals surface area contributed by atoms with Crippen LogP contribution >= 0.6 is 68.6 Å². The van der Waals surface area contributed by atoms with Crippen molar-refractivity contribution in [3.63, 3.8) is 0 Å². The SMILES string of the molecule is Cl[P+]1(N2CCOCC2)C(=P(c2ccccc2)(c2ccccc2)c2ccccc2)p2c([P+](c3ccccc3)(c3ccccc3)c3ccccc3)pc(=P(c3ccccc3)(c3ccccc3)c3ccccc3)p1c2=P(c1ccccc1)(c1ccccc1)c1ccccc1. The van der Waals surface area contributed by atoms with E-state index in [1.54, 1.807) is 18.3 Å². The lowest BCUT2D eigenvalue weighted by molar-refractivity contribution is 0.0757. The smallest absolute Gasteiger partial charge is 0.263 e. The molecule has 2 aliphatic rings. The van der Waals surface area contributed by atoms with Gasteiger partial charge in [0.05, 0.1) is 35.1 Å². The molecule has 0 N–H and O–H groups in total. The third-order valence-electron chi connectivity index (χ3n) is 18.0. The summed E-state index contributed by atoms with van der Waals surface area (Å²) in [6.07, 6.45) is 0. The van der Waals surface area contributed by atoms with Gasteiger partial charge in [-0.2, -0.15) is 0 Å². The summed E-state index contributed by atoms with van der Waals surface area (Å²) in [4.78, 5) is 0. The van der Waals surface area contributed by atoms with Gasteiger partial charge in [0.1, 0.15) is 34.4 Å². The molecule has 0 saturated carbocycles. The number of morpholine rings is 1. The van der Waals surface area contributed by atoms with Crippen molar-refractivity contribution in [1.29, 1.82) is 0 Å². The molecule has 15 rings (SSSR count). The first-order valence-electron chi connectivity index (χ1n) is 31.1. The molecule has 1 fully saturated rings. The van der Waals surface area contributed by atoms with Crippen LogP contribution in [0.3, 0.4) is 0 Å². The van der Waals surface area contributed by atoms with Crippen LogP contribution in [0, 0.1) is 8.81 Å². The van der Waals surface area contributed by atoms with Crippen LogP contribution in [0.5, 0.6) is 0 Å². The summed E-state index contributed by atoms with van der Waals surface area (Å²) >= 11 is 10.6. The zero-order valence-electron chi connectivity index (χ0n) is 50.3. The molecule has 1 aromatic heterocycles. The fraction of sp³-hybridized carbons (Fsp3) is 0.0500. The zero-order valence-corrected chi connectivity index (χ0v) is 58.2. The van der Waals surface area contributed by atoms with Crippen LogP contribution < -0.4 is 68.4 Å². The average Bonchev–Trinajstić information content (AvgIpc) is 1.50. The van der Waals surface area contributed by atoms with Gasteiger partial charge in [-0.1, -0.05) is 328 Å². The van der Waals surface area contributed by atoms with Crippen molar-refractivity contribution in [3.05, 3.63) is 373 Å². The molecule has 0 amide bonds. The second kappa shape index (κ2) is 26.4. The van der Waals surface area contributed by atoms with Crippen molar-refractivity contribution in [1.82, 2.24) is 4.67 Å². The van der Waals surface area contributed by atoms with Gasteiger partial charge in [0.2, 0.25) is 0 Å². The first-order chi connectivity index (χ1) is 45.1. The largest absolute Gasteiger partial charge is 0.378 e. The summed E-state index contributed by atoms with van der Waals surface area (Å²) in [5.74, 6) is 0. The minimum Gasteiger partial charge on any atom is -0.378 e. The molecule has 3 heterocycles. The van der Waals surface area contributed by atoms with Gasteiger partial charge < -0.3 is 4.74 Å². The second-order valence-electron chi connectivity index (χ2n) is 22.8. The lowest BCUT2D eigenvalue weighted by Gasteiger charge is -2.38. The van der Waals surface area contributed by atoms with Gasteiger partial charge in [-0.25, -0.2) is 0 Å². The third kappa shape index (κ3) is 9.97. The summed E-state index contributed by atoms with van der Waals surface area (Å²) in [6, 6.07) is 142. The number of nitrogens with zero attached hydrogens (tertiary/aromatic N) is 1. The number of hydrogen-bond acceptors (Lipinski definition) is 2. The van der Waals surface area contributed by atoms with Gasteiger partial charge in [0, 0.05) is 14.4 Å². The Morgan fingerprint density at radius 2 is 0.571 bits per heavy atom. The average molecular weight is 1340 g/mol. The number of fused-ring (bicyclic) bond motifs is 2. The number of rotatable bonds is 14. The van der Waals surface area contributed by atoms with Gasteiger partial charge in [-0.05, 0) is 106 Å². The minimum absolute atomic E-state index is 0.594. The second-order valence-corrected chi connectivity index (χ2v) is 52.2. The molecule has 0 aliphatic carbocycles. The highest BCUT2D eigenvalue weighted by molar-refractivity contribution is 8.64. The standard InChI is InChI=1S/C80H68ClNOP8/c81-91(82-61-63-83-64-62-82)80(90(74-55-31-10-32-56-74,75-57-33-11-34-58-75)76-59-35-12-36-60-76)85-77(87(65-37-13-1-14-38-65,66-39-15-2-16-40-66)67-41-17-3-18-42-67)84-78(88(68-43-19-4-20-44-68,69-45-21-5-22-46-69)70-47-23-6-24-48-70)86(91)79(85)89(71-49-25-7-26-50-71,72-51-27-8-28-52-72)73-53-29-9-30-54-73/h1-60H,61-64H2/q+2. The fourth-order valence-electron chi connectivity index (χ4n) is 14.2. The Balaban J connectivity index is 1.48. The van der Waals surface area contributed by atoms with Crippen LogP contribution in [0.15, 0.2) is 364 Å². The molecule has 0 radical (unpaired) electrons. The predicted molar refractivity (Wildman–Crippen MR) is 412 cm³/mol. The van der Waals surface area contributed by atoms with E-state index in [9.17, 15) is 11.2 Å². The minimum atomic E-state index is -3.38. The van der Waals surface area contributed by atoms with Gasteiger partial charge in [0.15, 0.2) is 16.8 Å². The van der Waals surface area contributed by atoms with E-state index in [2.05, 4.69) is 369 Å². The number of ether oxygens (including phenoxy) is 1. The summed E-state index contributed by atoms with van der Waals surface area (Å²) in [7, 11) is -4.99. The van der Waals surface area contributed by atoms with Gasteiger partial charge in [0.25, 0.3) is 6.45 Å². The maximum Gasteiger partial charge on any atom is 0.263 e. The maximum atomic E-state index is 10.6. The van der Waals surface area contributed by atoms with Crippen molar-refractivity contribution in [3.8, 4) is 0 Å². The Hall–Kier alpha value is -6.62. The van der Waals surface area contributed by atoms with Crippen LogP contribution in [0.25, 0.3) is 0 Å². The molecule has 11 heteroatoms. The molecule has 2 nitrogen and oxygen atoms in total. The molecule has 444 valence electrons.